The van der Waals surface area contributed by atoms with Gasteiger partial charge < -0.3 is 10.6 Å². The molecule has 2 nitrogen and oxygen atoms in total. The quantitative estimate of drug-likeness (QED) is 0.921. The molecule has 1 aromatic rings. The molecule has 0 radical (unpaired) electrons. The highest BCUT2D eigenvalue weighted by molar-refractivity contribution is 9.10. The number of hydrogen-bond donors (Lipinski definition) is 1. The van der Waals surface area contributed by atoms with Crippen molar-refractivity contribution in [2.75, 3.05) is 20.1 Å². The molecule has 0 spiro atoms. The molecule has 1 atom stereocenters. The maximum absolute atomic E-state index is 5.60. The predicted molar refractivity (Wildman–Crippen MR) is 71.6 cm³/mol. The zero-order valence-electron chi connectivity index (χ0n) is 9.75. The molecule has 16 heavy (non-hydrogen) atoms. The van der Waals surface area contributed by atoms with E-state index in [1.165, 1.54) is 34.9 Å². The lowest BCUT2D eigenvalue weighted by molar-refractivity contribution is 0.227. The first-order valence-electron chi connectivity index (χ1n) is 5.88. The van der Waals surface area contributed by atoms with Crippen molar-refractivity contribution in [2.45, 2.75) is 25.3 Å². The van der Waals surface area contributed by atoms with Gasteiger partial charge in [0.05, 0.1) is 0 Å². The lowest BCUT2D eigenvalue weighted by Crippen LogP contribution is -2.39. The summed E-state index contributed by atoms with van der Waals surface area (Å²) in [6.45, 7) is 1.75. The summed E-state index contributed by atoms with van der Waals surface area (Å²) in [5, 5.41) is 0. The molecule has 0 bridgehead atoms. The molecule has 0 saturated carbocycles. The largest absolute Gasteiger partial charge is 0.329 e. The Kier molecular flexibility index (Phi) is 4.00. The van der Waals surface area contributed by atoms with Crippen LogP contribution in [0, 0.1) is 0 Å². The predicted octanol–water partition coefficient (Wildman–Crippen LogP) is 2.20. The topological polar surface area (TPSA) is 29.3 Å². The Morgan fingerprint density at radius 3 is 3.00 bits per heavy atom. The minimum atomic E-state index is 0.664. The number of halogens is 1. The average molecular weight is 283 g/mol. The first-order chi connectivity index (χ1) is 7.70. The van der Waals surface area contributed by atoms with Crippen LogP contribution in [0.1, 0.15) is 17.5 Å². The third-order valence-electron chi connectivity index (χ3n) is 3.48. The van der Waals surface area contributed by atoms with Gasteiger partial charge in [-0.05, 0) is 49.6 Å². The van der Waals surface area contributed by atoms with Gasteiger partial charge in [0, 0.05) is 23.6 Å². The third-order valence-corrected chi connectivity index (χ3v) is 3.97. The highest BCUT2D eigenvalue weighted by atomic mass is 79.9. The minimum absolute atomic E-state index is 0.664. The summed E-state index contributed by atoms with van der Waals surface area (Å²) in [4.78, 5) is 2.39. The Hall–Kier alpha value is -0.380. The normalized spacial score (nSPS) is 19.9. The number of hydrogen-bond acceptors (Lipinski definition) is 2. The summed E-state index contributed by atoms with van der Waals surface area (Å²) in [7, 11) is 2.18. The van der Waals surface area contributed by atoms with E-state index in [1.54, 1.807) is 0 Å². The van der Waals surface area contributed by atoms with Crippen LogP contribution in [-0.2, 0) is 12.8 Å². The second-order valence-electron chi connectivity index (χ2n) is 4.58. The van der Waals surface area contributed by atoms with E-state index in [2.05, 4.69) is 46.1 Å². The molecule has 1 unspecified atom stereocenters. The molecule has 0 saturated heterocycles. The molecule has 0 aromatic heterocycles. The number of benzene rings is 1. The van der Waals surface area contributed by atoms with Crippen LogP contribution in [0.15, 0.2) is 22.7 Å². The van der Waals surface area contributed by atoms with Gasteiger partial charge in [0.25, 0.3) is 0 Å². The van der Waals surface area contributed by atoms with Crippen LogP contribution in [-0.4, -0.2) is 31.1 Å². The Morgan fingerprint density at radius 2 is 2.25 bits per heavy atom. The van der Waals surface area contributed by atoms with Gasteiger partial charge in [0.2, 0.25) is 0 Å². The molecule has 0 heterocycles. The van der Waals surface area contributed by atoms with E-state index < -0.39 is 0 Å². The number of nitrogens with two attached hydrogens (primary N) is 1. The minimum Gasteiger partial charge on any atom is -0.329 e. The summed E-state index contributed by atoms with van der Waals surface area (Å²) in [6.07, 6.45) is 3.60. The first kappa shape index (κ1) is 12.1. The molecule has 2 rings (SSSR count). The van der Waals surface area contributed by atoms with E-state index in [0.717, 1.165) is 13.1 Å². The van der Waals surface area contributed by atoms with Crippen molar-refractivity contribution in [3.63, 3.8) is 0 Å². The van der Waals surface area contributed by atoms with Crippen molar-refractivity contribution in [1.82, 2.24) is 4.90 Å². The molecular formula is C13H19BrN2. The van der Waals surface area contributed by atoms with Gasteiger partial charge in [-0.3, -0.25) is 0 Å². The summed E-state index contributed by atoms with van der Waals surface area (Å²) in [5.74, 6) is 0. The van der Waals surface area contributed by atoms with Gasteiger partial charge in [-0.25, -0.2) is 0 Å². The third kappa shape index (κ3) is 2.65. The fourth-order valence-electron chi connectivity index (χ4n) is 2.47. The van der Waals surface area contributed by atoms with Crippen molar-refractivity contribution < 1.29 is 0 Å². The summed E-state index contributed by atoms with van der Waals surface area (Å²) in [5.41, 5.74) is 8.61. The number of rotatable bonds is 3. The van der Waals surface area contributed by atoms with Gasteiger partial charge >= 0.3 is 0 Å². The van der Waals surface area contributed by atoms with E-state index in [4.69, 9.17) is 5.73 Å². The van der Waals surface area contributed by atoms with Gasteiger partial charge in [-0.1, -0.05) is 22.0 Å². The Labute approximate surface area is 106 Å². The summed E-state index contributed by atoms with van der Waals surface area (Å²) < 4.78 is 1.19. The maximum atomic E-state index is 5.60. The lowest BCUT2D eigenvalue weighted by Gasteiger charge is -2.32. The summed E-state index contributed by atoms with van der Waals surface area (Å²) in [6, 6.07) is 7.32. The number of likely N-dealkylation sites (N-methyl/N-ethyl adjacent to an activating group) is 1. The van der Waals surface area contributed by atoms with Crippen LogP contribution in [0.2, 0.25) is 0 Å². The van der Waals surface area contributed by atoms with E-state index in [9.17, 15) is 0 Å². The first-order valence-corrected chi connectivity index (χ1v) is 6.67. The van der Waals surface area contributed by atoms with Crippen molar-refractivity contribution in [3.05, 3.63) is 33.8 Å². The Morgan fingerprint density at radius 1 is 1.44 bits per heavy atom. The van der Waals surface area contributed by atoms with E-state index >= 15 is 0 Å². The summed E-state index contributed by atoms with van der Waals surface area (Å²) >= 11 is 3.53. The van der Waals surface area contributed by atoms with Crippen molar-refractivity contribution in [3.8, 4) is 0 Å². The van der Waals surface area contributed by atoms with Gasteiger partial charge in [0.1, 0.15) is 0 Å². The Balaban J connectivity index is 2.09. The average Bonchev–Trinajstić information content (AvgIpc) is 2.28. The molecule has 2 N–H and O–H groups in total. The van der Waals surface area contributed by atoms with Crippen molar-refractivity contribution in [2.24, 2.45) is 5.73 Å². The molecule has 0 aliphatic heterocycles. The molecule has 88 valence electrons. The van der Waals surface area contributed by atoms with Gasteiger partial charge in [-0.2, -0.15) is 0 Å². The van der Waals surface area contributed by atoms with E-state index in [1.807, 2.05) is 0 Å². The number of nitrogens with zero attached hydrogens (tertiary/aromatic N) is 1. The van der Waals surface area contributed by atoms with Gasteiger partial charge in [-0.15, -0.1) is 0 Å². The van der Waals surface area contributed by atoms with Crippen LogP contribution in [0.4, 0.5) is 0 Å². The highest BCUT2D eigenvalue weighted by Crippen LogP contribution is 2.26. The fraction of sp³-hybridized carbons (Fsp3) is 0.538. The standard InChI is InChI=1S/C13H19BrN2/c1-16(7-6-15)13-5-3-10-8-12(14)4-2-11(10)9-13/h2,4,8,13H,3,5-7,9,15H2,1H3. The van der Waals surface area contributed by atoms with Crippen LogP contribution >= 0.6 is 15.9 Å². The zero-order valence-corrected chi connectivity index (χ0v) is 11.3. The van der Waals surface area contributed by atoms with Crippen molar-refractivity contribution in [1.29, 1.82) is 0 Å². The molecular weight excluding hydrogens is 264 g/mol. The second-order valence-corrected chi connectivity index (χ2v) is 5.49. The molecule has 3 heteroatoms. The van der Waals surface area contributed by atoms with Crippen LogP contribution in [0.25, 0.3) is 0 Å². The fourth-order valence-corrected chi connectivity index (χ4v) is 2.88. The lowest BCUT2D eigenvalue weighted by atomic mass is 9.88. The molecule has 1 aliphatic carbocycles. The highest BCUT2D eigenvalue weighted by Gasteiger charge is 2.21. The maximum Gasteiger partial charge on any atom is 0.0178 e. The van der Waals surface area contributed by atoms with Gasteiger partial charge in [0.15, 0.2) is 0 Å². The molecule has 1 aliphatic rings. The van der Waals surface area contributed by atoms with Crippen LogP contribution in [0.5, 0.6) is 0 Å². The van der Waals surface area contributed by atoms with Crippen LogP contribution in [0.3, 0.4) is 0 Å². The van der Waals surface area contributed by atoms with Crippen LogP contribution < -0.4 is 5.73 Å². The smallest absolute Gasteiger partial charge is 0.0178 e. The molecule has 0 fully saturated rings. The van der Waals surface area contributed by atoms with E-state index in [0.29, 0.717) is 6.04 Å². The molecule has 0 amide bonds. The SMILES string of the molecule is CN(CCN)C1CCc2cc(Br)ccc2C1. The van der Waals surface area contributed by atoms with E-state index in [-0.39, 0.29) is 0 Å². The zero-order chi connectivity index (χ0) is 11.5. The second kappa shape index (κ2) is 5.30. The Bertz CT molecular complexity index is 365. The number of aryl methyl sites for hydroxylation is 1. The van der Waals surface area contributed by atoms with Crippen molar-refractivity contribution >= 4 is 15.9 Å². The monoisotopic (exact) mass is 282 g/mol. The number of fused-ring (bicyclic) bond motifs is 1. The molecule has 1 aromatic carbocycles.